The molecule has 0 aliphatic rings. The maximum Gasteiger partial charge on any atom is 0.353 e. The van der Waals surface area contributed by atoms with Gasteiger partial charge in [0, 0.05) is 24.8 Å². The molecule has 0 aromatic carbocycles. The van der Waals surface area contributed by atoms with E-state index in [0.29, 0.717) is 0 Å². The van der Waals surface area contributed by atoms with E-state index in [-0.39, 0.29) is 0 Å². The normalized spacial score (nSPS) is 10.4. The number of aromatic nitrogens is 3. The molecule has 0 saturated heterocycles. The molecule has 71 valence electrons. The van der Waals surface area contributed by atoms with Gasteiger partial charge < -0.3 is 4.74 Å². The molecule has 14 heavy (non-hydrogen) atoms. The Morgan fingerprint density at radius 1 is 1.43 bits per heavy atom. The maximum atomic E-state index is 4.87. The van der Waals surface area contributed by atoms with Gasteiger partial charge >= 0.3 is 6.73 Å². The summed E-state index contributed by atoms with van der Waals surface area (Å²) in [6, 6.07) is 3.94. The Morgan fingerprint density at radius 2 is 2.21 bits per heavy atom. The highest BCUT2D eigenvalue weighted by Gasteiger charge is 2.04. The summed E-state index contributed by atoms with van der Waals surface area (Å²) in [5.74, 6) is 0. The van der Waals surface area contributed by atoms with Gasteiger partial charge in [0.2, 0.25) is 0 Å². The number of pyridine rings is 1. The van der Waals surface area contributed by atoms with Gasteiger partial charge in [0.25, 0.3) is 0 Å². The molecule has 0 aliphatic carbocycles. The molecule has 0 fully saturated rings. The summed E-state index contributed by atoms with van der Waals surface area (Å²) < 4.78 is 10.6. The lowest BCUT2D eigenvalue weighted by atomic mass is 10.3. The summed E-state index contributed by atoms with van der Waals surface area (Å²) in [4.78, 5) is 4.12. The Morgan fingerprint density at radius 3 is 2.79 bits per heavy atom. The molecule has 0 amide bonds. The minimum absolute atomic E-state index is 0.926. The van der Waals surface area contributed by atoms with Gasteiger partial charge in [-0.1, -0.05) is 0 Å². The molecule has 0 spiro atoms. The van der Waals surface area contributed by atoms with E-state index in [2.05, 4.69) is 9.36 Å². The summed E-state index contributed by atoms with van der Waals surface area (Å²) in [5, 5.41) is 0.926. The van der Waals surface area contributed by atoms with E-state index < -0.39 is 0 Å². The van der Waals surface area contributed by atoms with Crippen LogP contribution in [0.5, 0.6) is 0 Å². The molecule has 4 nitrogen and oxygen atoms in total. The summed E-state index contributed by atoms with van der Waals surface area (Å²) in [5.41, 5.74) is 1.06. The van der Waals surface area contributed by atoms with Gasteiger partial charge in [0.15, 0.2) is 12.4 Å². The van der Waals surface area contributed by atoms with E-state index in [4.69, 9.17) is 4.74 Å². The fourth-order valence-electron chi connectivity index (χ4n) is 1.07. The Labute approximate surface area is 86.0 Å². The molecule has 1 radical (unpaired) electrons. The van der Waals surface area contributed by atoms with Crippen LogP contribution in [0.15, 0.2) is 30.9 Å². The van der Waals surface area contributed by atoms with E-state index in [1.807, 2.05) is 29.1 Å². The lowest BCUT2D eigenvalue weighted by Gasteiger charge is -1.94. The zero-order valence-electron chi connectivity index (χ0n) is 7.62. The lowest BCUT2D eigenvalue weighted by molar-refractivity contribution is -0.659. The van der Waals surface area contributed by atoms with Crippen LogP contribution in [0.1, 0.15) is 0 Å². The van der Waals surface area contributed by atoms with Crippen molar-refractivity contribution in [3.05, 3.63) is 37.6 Å². The molecular formula is C9H9N3OS+. The molecule has 2 heterocycles. The Balaban J connectivity index is 2.22. The minimum atomic E-state index is 0.926. The van der Waals surface area contributed by atoms with Gasteiger partial charge in [-0.15, -0.1) is 0 Å². The van der Waals surface area contributed by atoms with Gasteiger partial charge in [-0.25, -0.2) is 4.98 Å². The van der Waals surface area contributed by atoms with Crippen LogP contribution < -0.4 is 4.57 Å². The second-order valence-corrected chi connectivity index (χ2v) is 3.40. The van der Waals surface area contributed by atoms with Crippen molar-refractivity contribution in [3.63, 3.8) is 0 Å². The number of methoxy groups -OCH3 is 1. The fraction of sp³-hybridized carbons (Fsp3) is 0.111. The van der Waals surface area contributed by atoms with Crippen molar-refractivity contribution in [3.8, 4) is 10.6 Å². The van der Waals surface area contributed by atoms with Crippen molar-refractivity contribution in [2.24, 2.45) is 0 Å². The van der Waals surface area contributed by atoms with Crippen molar-refractivity contribution in [1.82, 2.24) is 9.36 Å². The predicted octanol–water partition coefficient (Wildman–Crippen LogP) is 1.11. The molecule has 0 atom stereocenters. The van der Waals surface area contributed by atoms with Crippen molar-refractivity contribution in [2.75, 3.05) is 7.11 Å². The number of nitrogens with zero attached hydrogens (tertiary/aromatic N) is 3. The van der Waals surface area contributed by atoms with Crippen molar-refractivity contribution in [1.29, 1.82) is 0 Å². The Kier molecular flexibility index (Phi) is 2.81. The predicted molar refractivity (Wildman–Crippen MR) is 52.2 cm³/mol. The highest BCUT2D eigenvalue weighted by atomic mass is 32.1. The van der Waals surface area contributed by atoms with Gasteiger partial charge in [0.05, 0.1) is 0 Å². The highest BCUT2D eigenvalue weighted by molar-refractivity contribution is 7.09. The first-order valence-electron chi connectivity index (χ1n) is 4.04. The van der Waals surface area contributed by atoms with Crippen molar-refractivity contribution < 1.29 is 9.30 Å². The Hall–Kier alpha value is -1.33. The van der Waals surface area contributed by atoms with Crippen LogP contribution in [0.2, 0.25) is 0 Å². The second kappa shape index (κ2) is 4.26. The molecular weight excluding hydrogens is 198 g/mol. The third kappa shape index (κ3) is 1.94. The summed E-state index contributed by atoms with van der Waals surface area (Å²) >= 11 is 1.38. The maximum absolute atomic E-state index is 4.87. The topological polar surface area (TPSA) is 38.9 Å². The van der Waals surface area contributed by atoms with E-state index >= 15 is 0 Å². The SMILES string of the molecule is CO[CH][n+]1ccc(-c2ncns2)cc1. The molecule has 0 saturated carbocycles. The standard InChI is InChI=1S/C9H9N3OS/c1-13-7-12-4-2-8(3-5-12)9-10-6-11-14-9/h2-7H,1H3/q+1. The van der Waals surface area contributed by atoms with Gasteiger partial charge in [-0.05, 0) is 11.5 Å². The molecule has 0 aliphatic heterocycles. The number of rotatable bonds is 3. The monoisotopic (exact) mass is 207 g/mol. The third-order valence-corrected chi connectivity index (χ3v) is 2.40. The van der Waals surface area contributed by atoms with Crippen LogP contribution in [-0.4, -0.2) is 16.5 Å². The van der Waals surface area contributed by atoms with E-state index in [1.165, 1.54) is 11.5 Å². The zero-order valence-corrected chi connectivity index (χ0v) is 8.44. The molecule has 2 aromatic heterocycles. The van der Waals surface area contributed by atoms with Crippen LogP contribution in [0.3, 0.4) is 0 Å². The van der Waals surface area contributed by atoms with Crippen LogP contribution in [0.4, 0.5) is 0 Å². The average Bonchev–Trinajstić information content (AvgIpc) is 2.72. The zero-order chi connectivity index (χ0) is 9.80. The first kappa shape index (κ1) is 9.23. The third-order valence-electron chi connectivity index (χ3n) is 1.69. The molecule has 2 rings (SSSR count). The van der Waals surface area contributed by atoms with Crippen LogP contribution >= 0.6 is 11.5 Å². The van der Waals surface area contributed by atoms with Gasteiger partial charge in [-0.3, -0.25) is 0 Å². The lowest BCUT2D eigenvalue weighted by Crippen LogP contribution is -2.30. The quantitative estimate of drug-likeness (QED) is 0.708. The first-order valence-corrected chi connectivity index (χ1v) is 4.81. The fourth-order valence-corrected chi connectivity index (χ4v) is 1.60. The first-order chi connectivity index (χ1) is 6.90. The largest absolute Gasteiger partial charge is 0.353 e. The molecule has 0 N–H and O–H groups in total. The smallest absolute Gasteiger partial charge is 0.317 e. The minimum Gasteiger partial charge on any atom is -0.317 e. The van der Waals surface area contributed by atoms with E-state index in [9.17, 15) is 0 Å². The van der Waals surface area contributed by atoms with Crippen LogP contribution in [0, 0.1) is 6.73 Å². The van der Waals surface area contributed by atoms with Gasteiger partial charge in [0.1, 0.15) is 11.3 Å². The van der Waals surface area contributed by atoms with Crippen molar-refractivity contribution >= 4 is 11.5 Å². The summed E-state index contributed by atoms with van der Waals surface area (Å²) in [6.07, 6.45) is 5.36. The summed E-state index contributed by atoms with van der Waals surface area (Å²) in [7, 11) is 1.62. The van der Waals surface area contributed by atoms with Gasteiger partial charge in [-0.2, -0.15) is 8.94 Å². The van der Waals surface area contributed by atoms with Crippen LogP contribution in [0.25, 0.3) is 10.6 Å². The van der Waals surface area contributed by atoms with E-state index in [1.54, 1.807) is 20.2 Å². The number of hydrogen-bond donors (Lipinski definition) is 0. The molecule has 0 bridgehead atoms. The highest BCUT2D eigenvalue weighted by Crippen LogP contribution is 2.17. The summed E-state index contributed by atoms with van der Waals surface area (Å²) in [6.45, 7) is 1.61. The van der Waals surface area contributed by atoms with Crippen LogP contribution in [-0.2, 0) is 4.74 Å². The van der Waals surface area contributed by atoms with E-state index in [0.717, 1.165) is 10.6 Å². The number of hydrogen-bond acceptors (Lipinski definition) is 4. The molecule has 2 aromatic rings. The number of ether oxygens (including phenoxy) is 1. The van der Waals surface area contributed by atoms with Crippen molar-refractivity contribution in [2.45, 2.75) is 0 Å². The second-order valence-electron chi connectivity index (χ2n) is 2.62. The molecule has 5 heteroatoms. The average molecular weight is 207 g/mol. The Bertz CT molecular complexity index is 385. The molecule has 0 unspecified atom stereocenters.